The molecule has 2 aromatic carbocycles. The van der Waals surface area contributed by atoms with Crippen LogP contribution in [-0.2, 0) is 0 Å². The molecule has 0 aliphatic heterocycles. The Bertz CT molecular complexity index is 604. The predicted molar refractivity (Wildman–Crippen MR) is 82.6 cm³/mol. The third-order valence-corrected chi connectivity index (χ3v) is 4.17. The van der Waals surface area contributed by atoms with Gasteiger partial charge >= 0.3 is 0 Å². The molecule has 0 spiro atoms. The zero-order valence-corrected chi connectivity index (χ0v) is 13.2. The van der Waals surface area contributed by atoms with E-state index in [4.69, 9.17) is 23.2 Å². The number of nitrogens with one attached hydrogen (secondary N) is 1. The molecule has 0 radical (unpaired) electrons. The number of hydrogen-bond acceptors (Lipinski definition) is 1. The standard InChI is InChI=1S/C14H11BrCl2FN/c1-8(9-2-5-12(16)13(17)6-9)19-14-7-10(18)3-4-11(14)15/h2-8,19H,1H3. The summed E-state index contributed by atoms with van der Waals surface area (Å²) < 4.78 is 14.0. The van der Waals surface area contributed by atoms with E-state index in [0.29, 0.717) is 15.7 Å². The Balaban J connectivity index is 2.22. The number of halogens is 4. The minimum Gasteiger partial charge on any atom is -0.378 e. The van der Waals surface area contributed by atoms with E-state index in [1.54, 1.807) is 18.2 Å². The Morgan fingerprint density at radius 2 is 1.84 bits per heavy atom. The minimum absolute atomic E-state index is 0.0205. The smallest absolute Gasteiger partial charge is 0.125 e. The van der Waals surface area contributed by atoms with Crippen LogP contribution in [0.2, 0.25) is 10.0 Å². The average molecular weight is 363 g/mol. The molecule has 0 amide bonds. The van der Waals surface area contributed by atoms with Crippen molar-refractivity contribution < 1.29 is 4.39 Å². The predicted octanol–water partition coefficient (Wildman–Crippen LogP) is 6.07. The molecule has 5 heteroatoms. The second kappa shape index (κ2) is 6.12. The Kier molecular flexibility index (Phi) is 4.71. The van der Waals surface area contributed by atoms with Gasteiger partial charge in [0.05, 0.1) is 15.7 Å². The monoisotopic (exact) mass is 361 g/mol. The maximum absolute atomic E-state index is 13.2. The summed E-state index contributed by atoms with van der Waals surface area (Å²) >= 11 is 15.3. The number of benzene rings is 2. The van der Waals surface area contributed by atoms with Gasteiger partial charge in [-0.2, -0.15) is 0 Å². The fourth-order valence-electron chi connectivity index (χ4n) is 1.71. The molecule has 100 valence electrons. The van der Waals surface area contributed by atoms with Gasteiger partial charge in [0.25, 0.3) is 0 Å². The van der Waals surface area contributed by atoms with Gasteiger partial charge in [0.1, 0.15) is 5.82 Å². The number of hydrogen-bond donors (Lipinski definition) is 1. The van der Waals surface area contributed by atoms with Crippen LogP contribution in [0.15, 0.2) is 40.9 Å². The molecule has 19 heavy (non-hydrogen) atoms. The Hall–Kier alpha value is -0.770. The summed E-state index contributed by atoms with van der Waals surface area (Å²) in [4.78, 5) is 0. The van der Waals surface area contributed by atoms with Crippen molar-refractivity contribution in [2.24, 2.45) is 0 Å². The van der Waals surface area contributed by atoms with Crippen LogP contribution in [0.3, 0.4) is 0 Å². The van der Waals surface area contributed by atoms with Crippen LogP contribution in [0.4, 0.5) is 10.1 Å². The van der Waals surface area contributed by atoms with E-state index in [1.807, 2.05) is 13.0 Å². The second-order valence-electron chi connectivity index (χ2n) is 4.16. The first-order valence-corrected chi connectivity index (χ1v) is 7.19. The first-order chi connectivity index (χ1) is 8.97. The van der Waals surface area contributed by atoms with Crippen LogP contribution < -0.4 is 5.32 Å². The van der Waals surface area contributed by atoms with Crippen LogP contribution in [0.25, 0.3) is 0 Å². The van der Waals surface area contributed by atoms with Crippen LogP contribution in [0.1, 0.15) is 18.5 Å². The van der Waals surface area contributed by atoms with E-state index in [9.17, 15) is 4.39 Å². The lowest BCUT2D eigenvalue weighted by molar-refractivity contribution is 0.627. The van der Waals surface area contributed by atoms with Crippen LogP contribution in [0.5, 0.6) is 0 Å². The van der Waals surface area contributed by atoms with E-state index >= 15 is 0 Å². The molecule has 1 N–H and O–H groups in total. The summed E-state index contributed by atoms with van der Waals surface area (Å²) in [5.74, 6) is -0.285. The second-order valence-corrected chi connectivity index (χ2v) is 5.83. The fourth-order valence-corrected chi connectivity index (χ4v) is 2.37. The van der Waals surface area contributed by atoms with Crippen molar-refractivity contribution in [1.29, 1.82) is 0 Å². The summed E-state index contributed by atoms with van der Waals surface area (Å²) in [6.45, 7) is 1.97. The molecule has 0 aliphatic rings. The molecule has 0 bridgehead atoms. The van der Waals surface area contributed by atoms with Gasteiger partial charge in [0.15, 0.2) is 0 Å². The molecule has 0 heterocycles. The zero-order chi connectivity index (χ0) is 14.0. The molecule has 0 aliphatic carbocycles. The third kappa shape index (κ3) is 3.62. The van der Waals surface area contributed by atoms with Crippen LogP contribution in [0, 0.1) is 5.82 Å². The Morgan fingerprint density at radius 1 is 1.11 bits per heavy atom. The van der Waals surface area contributed by atoms with Crippen LogP contribution in [-0.4, -0.2) is 0 Å². The van der Waals surface area contributed by atoms with E-state index in [1.165, 1.54) is 12.1 Å². The summed E-state index contributed by atoms with van der Waals surface area (Å²) in [5, 5.41) is 4.25. The van der Waals surface area contributed by atoms with Crippen molar-refractivity contribution in [2.75, 3.05) is 5.32 Å². The van der Waals surface area contributed by atoms with Gasteiger partial charge in [-0.1, -0.05) is 29.3 Å². The van der Waals surface area contributed by atoms with Gasteiger partial charge in [0, 0.05) is 10.5 Å². The maximum Gasteiger partial charge on any atom is 0.125 e. The van der Waals surface area contributed by atoms with E-state index < -0.39 is 0 Å². The van der Waals surface area contributed by atoms with E-state index in [2.05, 4.69) is 21.2 Å². The molecule has 0 aromatic heterocycles. The van der Waals surface area contributed by atoms with Crippen molar-refractivity contribution >= 4 is 44.8 Å². The van der Waals surface area contributed by atoms with Crippen molar-refractivity contribution in [1.82, 2.24) is 0 Å². The summed E-state index contributed by atoms with van der Waals surface area (Å²) in [6, 6.07) is 9.93. The molecule has 0 saturated heterocycles. The zero-order valence-electron chi connectivity index (χ0n) is 10.1. The van der Waals surface area contributed by atoms with Crippen molar-refractivity contribution in [3.05, 3.63) is 62.3 Å². The summed E-state index contributed by atoms with van der Waals surface area (Å²) in [5.41, 5.74) is 1.67. The maximum atomic E-state index is 13.2. The molecule has 0 fully saturated rings. The highest BCUT2D eigenvalue weighted by molar-refractivity contribution is 9.10. The van der Waals surface area contributed by atoms with Gasteiger partial charge in [-0.05, 0) is 58.7 Å². The highest BCUT2D eigenvalue weighted by Crippen LogP contribution is 2.30. The summed E-state index contributed by atoms with van der Waals surface area (Å²) in [6.07, 6.45) is 0. The number of rotatable bonds is 3. The topological polar surface area (TPSA) is 12.0 Å². The molecular formula is C14H11BrCl2FN. The van der Waals surface area contributed by atoms with Crippen molar-refractivity contribution in [3.63, 3.8) is 0 Å². The fraction of sp³-hybridized carbons (Fsp3) is 0.143. The van der Waals surface area contributed by atoms with Gasteiger partial charge in [-0.3, -0.25) is 0 Å². The first-order valence-electron chi connectivity index (χ1n) is 5.64. The first kappa shape index (κ1) is 14.6. The largest absolute Gasteiger partial charge is 0.378 e. The highest BCUT2D eigenvalue weighted by atomic mass is 79.9. The molecule has 1 atom stereocenters. The molecular weight excluding hydrogens is 352 g/mol. The lowest BCUT2D eigenvalue weighted by Gasteiger charge is -2.17. The summed E-state index contributed by atoms with van der Waals surface area (Å²) in [7, 11) is 0. The Morgan fingerprint density at radius 3 is 2.53 bits per heavy atom. The number of anilines is 1. The highest BCUT2D eigenvalue weighted by Gasteiger charge is 2.10. The van der Waals surface area contributed by atoms with Gasteiger partial charge in [0.2, 0.25) is 0 Å². The third-order valence-electron chi connectivity index (χ3n) is 2.74. The molecule has 0 saturated carbocycles. The molecule has 1 unspecified atom stereocenters. The lowest BCUT2D eigenvalue weighted by atomic mass is 10.1. The normalized spacial score (nSPS) is 12.3. The van der Waals surface area contributed by atoms with Gasteiger partial charge in [-0.15, -0.1) is 0 Å². The lowest BCUT2D eigenvalue weighted by Crippen LogP contribution is -2.07. The Labute approximate surface area is 129 Å². The quantitative estimate of drug-likeness (QED) is 0.698. The average Bonchev–Trinajstić information content (AvgIpc) is 2.37. The SMILES string of the molecule is CC(Nc1cc(F)ccc1Br)c1ccc(Cl)c(Cl)c1. The molecule has 2 rings (SSSR count). The van der Waals surface area contributed by atoms with E-state index in [-0.39, 0.29) is 11.9 Å². The van der Waals surface area contributed by atoms with Gasteiger partial charge < -0.3 is 5.32 Å². The van der Waals surface area contributed by atoms with Crippen LogP contribution >= 0.6 is 39.1 Å². The van der Waals surface area contributed by atoms with Gasteiger partial charge in [-0.25, -0.2) is 4.39 Å². The van der Waals surface area contributed by atoms with Crippen molar-refractivity contribution in [3.8, 4) is 0 Å². The molecule has 2 aromatic rings. The minimum atomic E-state index is -0.285. The van der Waals surface area contributed by atoms with E-state index in [0.717, 1.165) is 10.0 Å². The van der Waals surface area contributed by atoms with Crippen molar-refractivity contribution in [2.45, 2.75) is 13.0 Å². The molecule has 1 nitrogen and oxygen atoms in total.